The summed E-state index contributed by atoms with van der Waals surface area (Å²) in [5.74, 6) is -1.37. The number of esters is 1. The number of rotatable bonds is 5. The lowest BCUT2D eigenvalue weighted by Gasteiger charge is -2.09. The van der Waals surface area contributed by atoms with Crippen LogP contribution in [0.25, 0.3) is 0 Å². The van der Waals surface area contributed by atoms with Crippen LogP contribution in [0.2, 0.25) is 0 Å². The summed E-state index contributed by atoms with van der Waals surface area (Å²) >= 11 is 0. The monoisotopic (exact) mass is 344 g/mol. The minimum absolute atomic E-state index is 0.0253. The normalized spacial score (nSPS) is 19.2. The summed E-state index contributed by atoms with van der Waals surface area (Å²) in [4.78, 5) is 31.7. The number of hydrogen-bond donors (Lipinski definition) is 0. The zero-order chi connectivity index (χ0) is 17.2. The third kappa shape index (κ3) is 4.22. The van der Waals surface area contributed by atoms with E-state index < -0.39 is 37.0 Å². The van der Waals surface area contributed by atoms with Crippen LogP contribution in [0.5, 0.6) is 0 Å². The van der Waals surface area contributed by atoms with Crippen molar-refractivity contribution in [2.24, 2.45) is 5.92 Å². The number of nitro benzene ring substituents is 2. The molecule has 0 radical (unpaired) electrons. The Morgan fingerprint density at radius 3 is 2.17 bits per heavy atom. The van der Waals surface area contributed by atoms with Gasteiger partial charge in [0.25, 0.3) is 11.4 Å². The topological polar surface area (TPSA) is 147 Å². The molecule has 1 aromatic rings. The van der Waals surface area contributed by atoms with Gasteiger partial charge in [0.1, 0.15) is 0 Å². The van der Waals surface area contributed by atoms with Crippen LogP contribution in [0.1, 0.15) is 16.8 Å². The molecule has 1 atom stereocenters. The molecule has 0 N–H and O–H groups in total. The number of nitrogens with zero attached hydrogens (tertiary/aromatic N) is 2. The van der Waals surface area contributed by atoms with E-state index in [1.165, 1.54) is 0 Å². The number of sulfone groups is 1. The first-order chi connectivity index (χ1) is 10.7. The largest absolute Gasteiger partial charge is 0.462 e. The summed E-state index contributed by atoms with van der Waals surface area (Å²) in [6, 6.07) is 2.49. The van der Waals surface area contributed by atoms with Crippen molar-refractivity contribution in [3.8, 4) is 0 Å². The lowest BCUT2D eigenvalue weighted by Crippen LogP contribution is -2.15. The smallest absolute Gasteiger partial charge is 0.338 e. The summed E-state index contributed by atoms with van der Waals surface area (Å²) in [6.45, 7) is -0.158. The summed E-state index contributed by atoms with van der Waals surface area (Å²) in [6.07, 6.45) is 0.366. The van der Waals surface area contributed by atoms with Crippen molar-refractivity contribution < 1.29 is 27.8 Å². The summed E-state index contributed by atoms with van der Waals surface area (Å²) in [7, 11) is -3.11. The molecule has 0 spiro atoms. The van der Waals surface area contributed by atoms with Crippen LogP contribution in [0.4, 0.5) is 11.4 Å². The molecule has 1 saturated heterocycles. The first-order valence-corrected chi connectivity index (χ1v) is 8.31. The van der Waals surface area contributed by atoms with E-state index in [4.69, 9.17) is 4.74 Å². The molecule has 0 saturated carbocycles. The van der Waals surface area contributed by atoms with E-state index in [1.807, 2.05) is 0 Å². The molecule has 0 amide bonds. The number of carbonyl (C=O) groups excluding carboxylic acids is 1. The molecular formula is C12H12N2O8S. The van der Waals surface area contributed by atoms with E-state index >= 15 is 0 Å². The highest BCUT2D eigenvalue weighted by Crippen LogP contribution is 2.24. The minimum Gasteiger partial charge on any atom is -0.462 e. The highest BCUT2D eigenvalue weighted by atomic mass is 32.2. The van der Waals surface area contributed by atoms with Crippen LogP contribution < -0.4 is 0 Å². The van der Waals surface area contributed by atoms with Crippen molar-refractivity contribution >= 4 is 27.2 Å². The SMILES string of the molecule is O=C(OCC1CCS(=O)(=O)C1)c1cc([N+](=O)[O-])cc([N+](=O)[O-])c1. The molecule has 1 heterocycles. The van der Waals surface area contributed by atoms with E-state index in [2.05, 4.69) is 0 Å². The minimum atomic E-state index is -3.11. The molecule has 1 fully saturated rings. The Hall–Kier alpha value is -2.56. The Morgan fingerprint density at radius 1 is 1.17 bits per heavy atom. The maximum atomic E-state index is 11.9. The highest BCUT2D eigenvalue weighted by Gasteiger charge is 2.29. The van der Waals surface area contributed by atoms with Gasteiger partial charge < -0.3 is 4.74 Å². The van der Waals surface area contributed by atoms with Gasteiger partial charge in [0.2, 0.25) is 0 Å². The molecule has 23 heavy (non-hydrogen) atoms. The molecule has 1 aliphatic heterocycles. The number of hydrogen-bond acceptors (Lipinski definition) is 8. The zero-order valence-corrected chi connectivity index (χ0v) is 12.5. The Bertz CT molecular complexity index is 741. The molecule has 10 nitrogen and oxygen atoms in total. The quantitative estimate of drug-likeness (QED) is 0.438. The Labute approximate surface area is 130 Å². The van der Waals surface area contributed by atoms with Crippen molar-refractivity contribution in [1.82, 2.24) is 0 Å². The van der Waals surface area contributed by atoms with Gasteiger partial charge in [-0.05, 0) is 6.42 Å². The predicted octanol–water partition coefficient (Wildman–Crippen LogP) is 1.09. The molecule has 1 unspecified atom stereocenters. The number of nitro groups is 2. The van der Waals surface area contributed by atoms with E-state index in [1.54, 1.807) is 0 Å². The molecule has 2 rings (SSSR count). The van der Waals surface area contributed by atoms with Crippen molar-refractivity contribution in [2.75, 3.05) is 18.1 Å². The molecular weight excluding hydrogens is 332 g/mol. The summed E-state index contributed by atoms with van der Waals surface area (Å²) in [5.41, 5.74) is -1.53. The third-order valence-corrected chi connectivity index (χ3v) is 5.17. The van der Waals surface area contributed by atoms with E-state index in [9.17, 15) is 33.4 Å². The maximum Gasteiger partial charge on any atom is 0.338 e. The van der Waals surface area contributed by atoms with Gasteiger partial charge in [-0.3, -0.25) is 20.2 Å². The average molecular weight is 344 g/mol. The fourth-order valence-corrected chi connectivity index (χ4v) is 4.04. The Balaban J connectivity index is 2.12. The van der Waals surface area contributed by atoms with Crippen molar-refractivity contribution in [1.29, 1.82) is 0 Å². The van der Waals surface area contributed by atoms with Gasteiger partial charge in [-0.1, -0.05) is 0 Å². The Kier molecular flexibility index (Phi) is 4.59. The van der Waals surface area contributed by atoms with Crippen LogP contribution >= 0.6 is 0 Å². The molecule has 0 bridgehead atoms. The standard InChI is InChI=1S/C12H12N2O8S/c15-12(22-6-8-1-2-23(20,21)7-8)9-3-10(13(16)17)5-11(4-9)14(18)19/h3-5,8H,1-2,6-7H2. The van der Waals surface area contributed by atoms with E-state index in [-0.39, 0.29) is 29.6 Å². The summed E-state index contributed by atoms with van der Waals surface area (Å²) < 4.78 is 27.5. The maximum absolute atomic E-state index is 11.9. The fourth-order valence-electron chi connectivity index (χ4n) is 2.20. The molecule has 0 aliphatic carbocycles. The fraction of sp³-hybridized carbons (Fsp3) is 0.417. The third-order valence-electron chi connectivity index (χ3n) is 3.34. The van der Waals surface area contributed by atoms with Crippen LogP contribution in [0.15, 0.2) is 18.2 Å². The van der Waals surface area contributed by atoms with Gasteiger partial charge in [0.15, 0.2) is 9.84 Å². The van der Waals surface area contributed by atoms with Crippen molar-refractivity contribution in [2.45, 2.75) is 6.42 Å². The molecule has 0 aromatic heterocycles. The zero-order valence-electron chi connectivity index (χ0n) is 11.7. The first kappa shape index (κ1) is 16.8. The average Bonchev–Trinajstić information content (AvgIpc) is 2.83. The van der Waals surface area contributed by atoms with Crippen molar-refractivity contribution in [3.05, 3.63) is 44.0 Å². The highest BCUT2D eigenvalue weighted by molar-refractivity contribution is 7.91. The van der Waals surface area contributed by atoms with Gasteiger partial charge >= 0.3 is 5.97 Å². The van der Waals surface area contributed by atoms with E-state index in [0.717, 1.165) is 18.2 Å². The van der Waals surface area contributed by atoms with Crippen LogP contribution in [0, 0.1) is 26.1 Å². The van der Waals surface area contributed by atoms with E-state index in [0.29, 0.717) is 6.42 Å². The molecule has 11 heteroatoms. The molecule has 124 valence electrons. The van der Waals surface area contributed by atoms with Crippen LogP contribution in [-0.2, 0) is 14.6 Å². The van der Waals surface area contributed by atoms with Crippen molar-refractivity contribution in [3.63, 3.8) is 0 Å². The second-order valence-corrected chi connectivity index (χ2v) is 7.35. The lowest BCUT2D eigenvalue weighted by atomic mass is 10.1. The second kappa shape index (κ2) is 6.28. The van der Waals surface area contributed by atoms with Gasteiger partial charge in [0, 0.05) is 18.1 Å². The second-order valence-electron chi connectivity index (χ2n) is 5.12. The Morgan fingerprint density at radius 2 is 1.74 bits per heavy atom. The number of ether oxygens (including phenoxy) is 1. The van der Waals surface area contributed by atoms with Gasteiger partial charge in [-0.2, -0.15) is 0 Å². The number of non-ortho nitro benzene ring substituents is 2. The van der Waals surface area contributed by atoms with Gasteiger partial charge in [-0.25, -0.2) is 13.2 Å². The number of benzene rings is 1. The van der Waals surface area contributed by atoms with Gasteiger partial charge in [0.05, 0.1) is 39.6 Å². The van der Waals surface area contributed by atoms with Gasteiger partial charge in [-0.15, -0.1) is 0 Å². The van der Waals surface area contributed by atoms with Crippen LogP contribution in [-0.4, -0.2) is 42.3 Å². The predicted molar refractivity (Wildman–Crippen MR) is 76.8 cm³/mol. The summed E-state index contributed by atoms with van der Waals surface area (Å²) in [5, 5.41) is 21.5. The lowest BCUT2D eigenvalue weighted by molar-refractivity contribution is -0.394. The molecule has 1 aliphatic rings. The van der Waals surface area contributed by atoms with Crippen LogP contribution in [0.3, 0.4) is 0 Å². The first-order valence-electron chi connectivity index (χ1n) is 6.49. The molecule has 1 aromatic carbocycles. The number of carbonyl (C=O) groups is 1.